The van der Waals surface area contributed by atoms with Gasteiger partial charge >= 0.3 is 7.12 Å². The van der Waals surface area contributed by atoms with Gasteiger partial charge in [-0.3, -0.25) is 9.62 Å². The van der Waals surface area contributed by atoms with Gasteiger partial charge in [0.2, 0.25) is 10.0 Å². The molecule has 2 heterocycles. The van der Waals surface area contributed by atoms with Crippen LogP contribution >= 0.6 is 0 Å². The van der Waals surface area contributed by atoms with Crippen molar-refractivity contribution < 1.29 is 17.7 Å². The molecule has 26 heavy (non-hydrogen) atoms. The quantitative estimate of drug-likeness (QED) is 0.793. The highest BCUT2D eigenvalue weighted by atomic mass is 32.2. The number of anilines is 1. The fourth-order valence-electron chi connectivity index (χ4n) is 3.24. The Morgan fingerprint density at radius 1 is 1.04 bits per heavy atom. The van der Waals surface area contributed by atoms with Crippen LogP contribution in [0.1, 0.15) is 47.5 Å². The van der Waals surface area contributed by atoms with Crippen molar-refractivity contribution in [1.29, 1.82) is 0 Å². The maximum absolute atomic E-state index is 12.6. The van der Waals surface area contributed by atoms with E-state index in [0.717, 1.165) is 31.4 Å². The first-order valence-corrected chi connectivity index (χ1v) is 10.8. The van der Waals surface area contributed by atoms with Crippen LogP contribution in [0.15, 0.2) is 24.3 Å². The molecule has 3 rings (SSSR count). The van der Waals surface area contributed by atoms with Crippen molar-refractivity contribution in [2.75, 3.05) is 17.8 Å². The number of rotatable bonds is 5. The van der Waals surface area contributed by atoms with Gasteiger partial charge in [-0.1, -0.05) is 12.1 Å². The SMILES string of the molecule is CC(N1CCCC1)S(=O)(=O)Nc1ccc(B2OC(C)(C)C(C)(C)O2)cc1. The minimum absolute atomic E-state index is 0.400. The zero-order valence-electron chi connectivity index (χ0n) is 16.3. The maximum atomic E-state index is 12.6. The summed E-state index contributed by atoms with van der Waals surface area (Å²) in [6.07, 6.45) is 2.12. The van der Waals surface area contributed by atoms with E-state index in [-0.39, 0.29) is 0 Å². The monoisotopic (exact) mass is 380 g/mol. The number of nitrogens with zero attached hydrogens (tertiary/aromatic N) is 1. The van der Waals surface area contributed by atoms with Crippen LogP contribution in [0.4, 0.5) is 5.69 Å². The molecule has 1 unspecified atom stereocenters. The second-order valence-corrected chi connectivity index (χ2v) is 10.2. The highest BCUT2D eigenvalue weighted by molar-refractivity contribution is 7.93. The van der Waals surface area contributed by atoms with Crippen molar-refractivity contribution in [3.8, 4) is 0 Å². The Morgan fingerprint density at radius 3 is 2.04 bits per heavy atom. The summed E-state index contributed by atoms with van der Waals surface area (Å²) in [6.45, 7) is 11.5. The summed E-state index contributed by atoms with van der Waals surface area (Å²) in [5, 5.41) is -0.534. The number of nitrogens with one attached hydrogen (secondary N) is 1. The van der Waals surface area contributed by atoms with E-state index in [1.165, 1.54) is 0 Å². The Hall–Kier alpha value is -1.09. The van der Waals surface area contributed by atoms with E-state index < -0.39 is 33.7 Å². The predicted molar refractivity (Wildman–Crippen MR) is 105 cm³/mol. The second kappa shape index (κ2) is 6.82. The van der Waals surface area contributed by atoms with Crippen molar-refractivity contribution in [2.24, 2.45) is 0 Å². The third-order valence-electron chi connectivity index (χ3n) is 5.80. The van der Waals surface area contributed by atoms with Gasteiger partial charge in [-0.05, 0) is 78.1 Å². The first kappa shape index (κ1) is 19.7. The number of benzene rings is 1. The van der Waals surface area contributed by atoms with Crippen LogP contribution in [-0.4, -0.2) is 50.1 Å². The third-order valence-corrected chi connectivity index (χ3v) is 7.52. The summed E-state index contributed by atoms with van der Waals surface area (Å²) >= 11 is 0. The molecule has 1 aromatic rings. The van der Waals surface area contributed by atoms with Gasteiger partial charge in [0.15, 0.2) is 0 Å². The van der Waals surface area contributed by atoms with E-state index in [0.29, 0.717) is 5.69 Å². The largest absolute Gasteiger partial charge is 0.494 e. The molecule has 1 atom stereocenters. The smallest absolute Gasteiger partial charge is 0.399 e. The minimum Gasteiger partial charge on any atom is -0.399 e. The molecule has 8 heteroatoms. The Balaban J connectivity index is 1.68. The summed E-state index contributed by atoms with van der Waals surface area (Å²) in [5.74, 6) is 0. The maximum Gasteiger partial charge on any atom is 0.494 e. The number of hydrogen-bond acceptors (Lipinski definition) is 5. The van der Waals surface area contributed by atoms with E-state index in [1.54, 1.807) is 19.1 Å². The zero-order valence-corrected chi connectivity index (χ0v) is 17.1. The lowest BCUT2D eigenvalue weighted by Gasteiger charge is -2.32. The average Bonchev–Trinajstić information content (AvgIpc) is 3.13. The molecule has 1 N–H and O–H groups in total. The molecule has 0 aliphatic carbocycles. The summed E-state index contributed by atoms with van der Waals surface area (Å²) < 4.78 is 39.9. The Kier molecular flexibility index (Phi) is 5.16. The van der Waals surface area contributed by atoms with Crippen molar-refractivity contribution in [3.05, 3.63) is 24.3 Å². The van der Waals surface area contributed by atoms with E-state index in [4.69, 9.17) is 9.31 Å². The van der Waals surface area contributed by atoms with Gasteiger partial charge in [0, 0.05) is 5.69 Å². The lowest BCUT2D eigenvalue weighted by molar-refractivity contribution is 0.00578. The third kappa shape index (κ3) is 3.79. The molecule has 2 aliphatic rings. The van der Waals surface area contributed by atoms with E-state index >= 15 is 0 Å². The van der Waals surface area contributed by atoms with Crippen molar-refractivity contribution >= 4 is 28.3 Å². The number of sulfonamides is 1. The molecule has 0 amide bonds. The summed E-state index contributed by atoms with van der Waals surface area (Å²) in [7, 11) is -3.90. The fourth-order valence-corrected chi connectivity index (χ4v) is 4.48. The zero-order chi connectivity index (χ0) is 19.2. The minimum atomic E-state index is -3.45. The van der Waals surface area contributed by atoms with Gasteiger partial charge in [0.1, 0.15) is 5.37 Å². The van der Waals surface area contributed by atoms with E-state index in [1.807, 2.05) is 44.7 Å². The van der Waals surface area contributed by atoms with Crippen LogP contribution in [-0.2, 0) is 19.3 Å². The van der Waals surface area contributed by atoms with Crippen LogP contribution in [0.3, 0.4) is 0 Å². The summed E-state index contributed by atoms with van der Waals surface area (Å²) in [4.78, 5) is 2.00. The van der Waals surface area contributed by atoms with Crippen LogP contribution in [0.2, 0.25) is 0 Å². The molecule has 2 saturated heterocycles. The van der Waals surface area contributed by atoms with Gasteiger partial charge in [-0.15, -0.1) is 0 Å². The molecule has 144 valence electrons. The second-order valence-electron chi connectivity index (χ2n) is 8.20. The van der Waals surface area contributed by atoms with Crippen LogP contribution in [0.25, 0.3) is 0 Å². The molecule has 6 nitrogen and oxygen atoms in total. The molecular formula is C18H29BN2O4S. The molecule has 0 radical (unpaired) electrons. The Morgan fingerprint density at radius 2 is 1.54 bits per heavy atom. The summed E-state index contributed by atoms with van der Waals surface area (Å²) in [6, 6.07) is 7.21. The molecule has 2 aliphatic heterocycles. The molecular weight excluding hydrogens is 351 g/mol. The Bertz CT molecular complexity index is 727. The van der Waals surface area contributed by atoms with Crippen LogP contribution < -0.4 is 10.2 Å². The molecule has 0 bridgehead atoms. The first-order chi connectivity index (χ1) is 12.0. The van der Waals surface area contributed by atoms with Crippen molar-refractivity contribution in [1.82, 2.24) is 4.90 Å². The predicted octanol–water partition coefficient (Wildman–Crippen LogP) is 2.17. The van der Waals surface area contributed by atoms with E-state index in [9.17, 15) is 8.42 Å². The van der Waals surface area contributed by atoms with Gasteiger partial charge < -0.3 is 9.31 Å². The average molecular weight is 380 g/mol. The van der Waals surface area contributed by atoms with Gasteiger partial charge in [0.05, 0.1) is 11.2 Å². The van der Waals surface area contributed by atoms with E-state index in [2.05, 4.69) is 4.72 Å². The number of hydrogen-bond donors (Lipinski definition) is 1. The van der Waals surface area contributed by atoms with Crippen LogP contribution in [0, 0.1) is 0 Å². The van der Waals surface area contributed by atoms with Crippen LogP contribution in [0.5, 0.6) is 0 Å². The lowest BCUT2D eigenvalue weighted by Crippen LogP contribution is -2.41. The van der Waals surface area contributed by atoms with Gasteiger partial charge in [0.25, 0.3) is 0 Å². The van der Waals surface area contributed by atoms with Gasteiger partial charge in [-0.25, -0.2) is 8.42 Å². The van der Waals surface area contributed by atoms with Crippen molar-refractivity contribution in [2.45, 2.75) is 64.0 Å². The first-order valence-electron chi connectivity index (χ1n) is 9.23. The van der Waals surface area contributed by atoms with Crippen molar-refractivity contribution in [3.63, 3.8) is 0 Å². The highest BCUT2D eigenvalue weighted by Gasteiger charge is 2.51. The molecule has 1 aromatic carbocycles. The molecule has 2 fully saturated rings. The topological polar surface area (TPSA) is 67.9 Å². The Labute approximate surface area is 157 Å². The normalized spacial score (nSPS) is 24.0. The standard InChI is InChI=1S/C18H29BN2O4S/c1-14(21-12-6-7-13-21)26(22,23)20-16-10-8-15(9-11-16)19-24-17(2,3)18(4,5)25-19/h8-11,14,20H,6-7,12-13H2,1-5H3. The molecule has 0 saturated carbocycles. The number of likely N-dealkylation sites (tertiary alicyclic amines) is 1. The lowest BCUT2D eigenvalue weighted by atomic mass is 9.79. The summed E-state index contributed by atoms with van der Waals surface area (Å²) in [5.41, 5.74) is 0.627. The molecule has 0 aromatic heterocycles. The van der Waals surface area contributed by atoms with Gasteiger partial charge in [-0.2, -0.15) is 0 Å². The fraction of sp³-hybridized carbons (Fsp3) is 0.667. The highest BCUT2D eigenvalue weighted by Crippen LogP contribution is 2.36. The molecule has 0 spiro atoms.